The average molecular weight is 445 g/mol. The molecule has 2 aromatic carbocycles. The summed E-state index contributed by atoms with van der Waals surface area (Å²) in [5.74, 6) is -0.274. The lowest BCUT2D eigenvalue weighted by molar-refractivity contribution is -0.134. The number of rotatable bonds is 6. The van der Waals surface area contributed by atoms with E-state index in [-0.39, 0.29) is 17.7 Å². The van der Waals surface area contributed by atoms with Crippen molar-refractivity contribution in [3.63, 3.8) is 0 Å². The second-order valence-corrected chi connectivity index (χ2v) is 8.93. The van der Waals surface area contributed by atoms with E-state index in [0.29, 0.717) is 38.3 Å². The number of carbonyl (C=O) groups excluding carboxylic acids is 2. The summed E-state index contributed by atoms with van der Waals surface area (Å²) in [4.78, 5) is 34.6. The second-order valence-electron chi connectivity index (χ2n) is 8.93. The van der Waals surface area contributed by atoms with Crippen LogP contribution in [0.5, 0.6) is 0 Å². The molecule has 0 aliphatic carbocycles. The minimum Gasteiger partial charge on any atom is -0.341 e. The average Bonchev–Trinajstić information content (AvgIpc) is 3.20. The summed E-state index contributed by atoms with van der Waals surface area (Å²) in [5, 5.41) is 0. The fourth-order valence-electron chi connectivity index (χ4n) is 4.54. The van der Waals surface area contributed by atoms with Gasteiger partial charge in [-0.25, -0.2) is 4.98 Å². The maximum absolute atomic E-state index is 13.5. The van der Waals surface area contributed by atoms with Gasteiger partial charge >= 0.3 is 0 Å². The fraction of sp³-hybridized carbons (Fsp3) is 0.370. The molecule has 1 aromatic heterocycles. The van der Waals surface area contributed by atoms with Crippen LogP contribution >= 0.6 is 0 Å². The highest BCUT2D eigenvalue weighted by Crippen LogP contribution is 2.28. The third-order valence-electron chi connectivity index (χ3n) is 6.29. The number of hydrogen-bond donors (Lipinski definition) is 0. The van der Waals surface area contributed by atoms with E-state index in [9.17, 15) is 9.59 Å². The highest BCUT2D eigenvalue weighted by atomic mass is 16.2. The van der Waals surface area contributed by atoms with E-state index in [4.69, 9.17) is 0 Å². The lowest BCUT2D eigenvalue weighted by Gasteiger charge is -2.24. The van der Waals surface area contributed by atoms with Gasteiger partial charge in [0.25, 0.3) is 5.91 Å². The molecule has 0 spiro atoms. The first kappa shape index (κ1) is 22.8. The summed E-state index contributed by atoms with van der Waals surface area (Å²) < 4.78 is 1.77. The third-order valence-corrected chi connectivity index (χ3v) is 6.29. The van der Waals surface area contributed by atoms with E-state index in [1.807, 2.05) is 24.1 Å². The van der Waals surface area contributed by atoms with Crippen molar-refractivity contribution in [2.45, 2.75) is 26.7 Å². The summed E-state index contributed by atoms with van der Waals surface area (Å²) in [7, 11) is 1.85. The highest BCUT2D eigenvalue weighted by molar-refractivity contribution is 5.93. The summed E-state index contributed by atoms with van der Waals surface area (Å²) >= 11 is 0. The second kappa shape index (κ2) is 10.0. The molecule has 0 saturated carbocycles. The zero-order valence-electron chi connectivity index (χ0n) is 19.7. The maximum Gasteiger partial charge on any atom is 0.274 e. The molecule has 0 bridgehead atoms. The Labute approximate surface area is 195 Å². The molecule has 4 rings (SSSR count). The van der Waals surface area contributed by atoms with E-state index in [1.165, 1.54) is 5.56 Å². The van der Waals surface area contributed by atoms with Gasteiger partial charge < -0.3 is 14.4 Å². The Kier molecular flexibility index (Phi) is 6.92. The van der Waals surface area contributed by atoms with Crippen LogP contribution in [0, 0.1) is 12.8 Å². The molecule has 0 radical (unpaired) electrons. The molecule has 1 aliphatic rings. The number of hydrogen-bond acceptors (Lipinski definition) is 3. The molecule has 1 aliphatic heterocycles. The van der Waals surface area contributed by atoms with Gasteiger partial charge in [-0.1, -0.05) is 61.0 Å². The van der Waals surface area contributed by atoms with Crippen LogP contribution in [0.25, 0.3) is 11.1 Å². The molecular formula is C27H32N4O2. The van der Waals surface area contributed by atoms with Gasteiger partial charge in [-0.3, -0.25) is 9.59 Å². The lowest BCUT2D eigenvalue weighted by Crippen LogP contribution is -2.38. The molecule has 3 aromatic rings. The number of aromatic nitrogens is 2. The minimum absolute atomic E-state index is 0.112. The molecule has 1 saturated heterocycles. The van der Waals surface area contributed by atoms with Crippen LogP contribution in [-0.4, -0.2) is 57.3 Å². The van der Waals surface area contributed by atoms with Crippen molar-refractivity contribution in [3.05, 3.63) is 77.9 Å². The van der Waals surface area contributed by atoms with Crippen molar-refractivity contribution in [2.75, 3.05) is 26.2 Å². The van der Waals surface area contributed by atoms with Gasteiger partial charge in [0.05, 0.1) is 12.2 Å². The van der Waals surface area contributed by atoms with Crippen LogP contribution in [0.15, 0.2) is 61.1 Å². The van der Waals surface area contributed by atoms with E-state index < -0.39 is 0 Å². The Morgan fingerprint density at radius 2 is 1.85 bits per heavy atom. The number of imidazole rings is 1. The molecule has 0 N–H and O–H groups in total. The van der Waals surface area contributed by atoms with Crippen LogP contribution < -0.4 is 0 Å². The van der Waals surface area contributed by atoms with Gasteiger partial charge in [0.2, 0.25) is 5.91 Å². The Morgan fingerprint density at radius 3 is 2.55 bits per heavy atom. The van der Waals surface area contributed by atoms with Crippen LogP contribution in [0.2, 0.25) is 0 Å². The number of aryl methyl sites for hydroxylation is 2. The van der Waals surface area contributed by atoms with Crippen molar-refractivity contribution in [3.8, 4) is 11.1 Å². The smallest absolute Gasteiger partial charge is 0.274 e. The quantitative estimate of drug-likeness (QED) is 0.579. The molecule has 6 heteroatoms. The molecule has 2 heterocycles. The number of carbonyl (C=O) groups is 2. The van der Waals surface area contributed by atoms with Gasteiger partial charge in [0.15, 0.2) is 0 Å². The molecule has 0 unspecified atom stereocenters. The molecule has 6 nitrogen and oxygen atoms in total. The van der Waals surface area contributed by atoms with Crippen molar-refractivity contribution in [1.29, 1.82) is 0 Å². The van der Waals surface area contributed by atoms with Crippen molar-refractivity contribution >= 4 is 11.8 Å². The van der Waals surface area contributed by atoms with Crippen LogP contribution in [0.1, 0.15) is 35.0 Å². The van der Waals surface area contributed by atoms with Crippen molar-refractivity contribution in [1.82, 2.24) is 19.4 Å². The van der Waals surface area contributed by atoms with Crippen molar-refractivity contribution < 1.29 is 9.59 Å². The lowest BCUT2D eigenvalue weighted by atomic mass is 9.91. The van der Waals surface area contributed by atoms with E-state index >= 15 is 0 Å². The van der Waals surface area contributed by atoms with Gasteiger partial charge in [-0.15, -0.1) is 0 Å². The molecule has 33 heavy (non-hydrogen) atoms. The van der Waals surface area contributed by atoms with Gasteiger partial charge in [-0.2, -0.15) is 0 Å². The van der Waals surface area contributed by atoms with Gasteiger partial charge in [-0.05, 0) is 36.5 Å². The topological polar surface area (TPSA) is 58.4 Å². The van der Waals surface area contributed by atoms with E-state index in [2.05, 4.69) is 55.2 Å². The molecule has 172 valence electrons. The van der Waals surface area contributed by atoms with Crippen LogP contribution in [0.3, 0.4) is 0 Å². The zero-order chi connectivity index (χ0) is 23.4. The molecule has 2 amide bonds. The van der Waals surface area contributed by atoms with Crippen LogP contribution in [-0.2, 0) is 18.3 Å². The largest absolute Gasteiger partial charge is 0.341 e. The van der Waals surface area contributed by atoms with Crippen molar-refractivity contribution in [2.24, 2.45) is 13.0 Å². The standard InChI is InChI=1S/C27H32N4O2/c1-4-13-30-14-15-31(27(33)25-18-29(3)19-28-25)17-23(26(30)32)16-22-7-5-6-8-24(22)21-11-9-20(2)10-12-21/h5-12,18-19,23H,4,13-17H2,1-3H3/t23-/m1/s1. The normalized spacial score (nSPS) is 16.7. The summed E-state index contributed by atoms with van der Waals surface area (Å²) in [6.07, 6.45) is 4.86. The molecule has 1 fully saturated rings. The van der Waals surface area contributed by atoms with Gasteiger partial charge in [0.1, 0.15) is 5.69 Å². The summed E-state index contributed by atoms with van der Waals surface area (Å²) in [6.45, 7) is 6.35. The third kappa shape index (κ3) is 5.16. The maximum atomic E-state index is 13.5. The molecule has 1 atom stereocenters. The number of amides is 2. The first-order chi connectivity index (χ1) is 16.0. The Bertz CT molecular complexity index is 1120. The van der Waals surface area contributed by atoms with E-state index in [1.54, 1.807) is 22.0 Å². The summed E-state index contributed by atoms with van der Waals surface area (Å²) in [5.41, 5.74) is 5.05. The highest BCUT2D eigenvalue weighted by Gasteiger charge is 2.33. The predicted octanol–water partition coefficient (Wildman–Crippen LogP) is 3.95. The van der Waals surface area contributed by atoms with Gasteiger partial charge in [0, 0.05) is 39.4 Å². The number of nitrogens with zero attached hydrogens (tertiary/aromatic N) is 4. The Morgan fingerprint density at radius 1 is 1.09 bits per heavy atom. The molecular weight excluding hydrogens is 412 g/mol. The summed E-state index contributed by atoms with van der Waals surface area (Å²) in [6, 6.07) is 16.7. The Balaban J connectivity index is 1.63. The number of benzene rings is 2. The van der Waals surface area contributed by atoms with E-state index in [0.717, 1.165) is 23.1 Å². The zero-order valence-corrected chi connectivity index (χ0v) is 19.7. The monoisotopic (exact) mass is 444 g/mol. The SMILES string of the molecule is CCCN1CCN(C(=O)c2cn(C)cn2)C[C@@H](Cc2ccccc2-c2ccc(C)cc2)C1=O. The minimum atomic E-state index is -0.293. The fourth-order valence-corrected chi connectivity index (χ4v) is 4.54. The predicted molar refractivity (Wildman–Crippen MR) is 130 cm³/mol. The first-order valence-electron chi connectivity index (χ1n) is 11.7. The Hall–Kier alpha value is -3.41. The first-order valence-corrected chi connectivity index (χ1v) is 11.7. The van der Waals surface area contributed by atoms with Crippen LogP contribution in [0.4, 0.5) is 0 Å².